The summed E-state index contributed by atoms with van der Waals surface area (Å²) in [7, 11) is 4.18. The first-order valence-corrected chi connectivity index (χ1v) is 6.58. The molecule has 0 aromatic carbocycles. The maximum Gasteiger partial charge on any atom is 0.0544 e. The Labute approximate surface area is 104 Å². The molecule has 17 heavy (non-hydrogen) atoms. The molecular formula is C14H23N3. The van der Waals surface area contributed by atoms with E-state index in [1.54, 1.807) is 0 Å². The second-order valence-electron chi connectivity index (χ2n) is 5.04. The fourth-order valence-corrected chi connectivity index (χ4v) is 2.59. The summed E-state index contributed by atoms with van der Waals surface area (Å²) in [6.07, 6.45) is 7.48. The van der Waals surface area contributed by atoms with E-state index >= 15 is 0 Å². The summed E-state index contributed by atoms with van der Waals surface area (Å²) in [6.45, 7) is 1.87. The highest BCUT2D eigenvalue weighted by Crippen LogP contribution is 2.23. The number of hydrogen-bond acceptors (Lipinski definition) is 3. The molecule has 1 heterocycles. The summed E-state index contributed by atoms with van der Waals surface area (Å²) in [5.41, 5.74) is 2.43. The highest BCUT2D eigenvalue weighted by molar-refractivity contribution is 5.13. The minimum atomic E-state index is 0.772. The molecule has 0 unspecified atom stereocenters. The fraction of sp³-hybridized carbons (Fsp3) is 0.643. The lowest BCUT2D eigenvalue weighted by Crippen LogP contribution is -2.28. The van der Waals surface area contributed by atoms with Crippen LogP contribution < -0.4 is 5.32 Å². The van der Waals surface area contributed by atoms with Crippen molar-refractivity contribution in [2.45, 2.75) is 44.8 Å². The van der Waals surface area contributed by atoms with Crippen molar-refractivity contribution >= 4 is 0 Å². The average Bonchev–Trinajstić information content (AvgIpc) is 2.86. The maximum atomic E-state index is 4.53. The highest BCUT2D eigenvalue weighted by atomic mass is 15.1. The molecule has 0 bridgehead atoms. The van der Waals surface area contributed by atoms with Crippen molar-refractivity contribution in [1.29, 1.82) is 0 Å². The smallest absolute Gasteiger partial charge is 0.0544 e. The molecule has 2 rings (SSSR count). The van der Waals surface area contributed by atoms with Crippen LogP contribution in [0.2, 0.25) is 0 Å². The van der Waals surface area contributed by atoms with E-state index in [0.717, 1.165) is 19.1 Å². The number of nitrogens with one attached hydrogen (secondary N) is 1. The first-order chi connectivity index (χ1) is 8.29. The van der Waals surface area contributed by atoms with E-state index in [0.29, 0.717) is 0 Å². The molecule has 0 amide bonds. The predicted octanol–water partition coefficient (Wildman–Crippen LogP) is 2.18. The number of pyridine rings is 1. The molecule has 3 nitrogen and oxygen atoms in total. The predicted molar refractivity (Wildman–Crippen MR) is 70.7 cm³/mol. The minimum absolute atomic E-state index is 0.772. The van der Waals surface area contributed by atoms with Crippen LogP contribution >= 0.6 is 0 Å². The molecule has 1 aliphatic rings. The molecule has 0 radical (unpaired) electrons. The van der Waals surface area contributed by atoms with Crippen molar-refractivity contribution in [3.63, 3.8) is 0 Å². The summed E-state index contributed by atoms with van der Waals surface area (Å²) in [5, 5.41) is 3.14. The Balaban J connectivity index is 1.89. The lowest BCUT2D eigenvalue weighted by molar-refractivity contribution is 0.235. The number of aromatic nitrogens is 1. The molecule has 3 heteroatoms. The monoisotopic (exact) mass is 233 g/mol. The second kappa shape index (κ2) is 6.12. The van der Waals surface area contributed by atoms with Crippen molar-refractivity contribution < 1.29 is 0 Å². The fourth-order valence-electron chi connectivity index (χ4n) is 2.59. The number of rotatable bonds is 5. The van der Waals surface area contributed by atoms with Gasteiger partial charge in [0.1, 0.15) is 0 Å². The number of nitrogens with zero attached hydrogens (tertiary/aromatic N) is 2. The van der Waals surface area contributed by atoms with Crippen LogP contribution in [0, 0.1) is 0 Å². The zero-order chi connectivity index (χ0) is 12.1. The Hall–Kier alpha value is -0.930. The standard InChI is InChI=1S/C14H23N3/c1-15-9-12-7-8-13(16-10-12)11-17(2)14-5-3-4-6-14/h7-8,10,14-15H,3-6,9,11H2,1-2H3. The molecular weight excluding hydrogens is 210 g/mol. The van der Waals surface area contributed by atoms with Gasteiger partial charge in [-0.25, -0.2) is 0 Å². The molecule has 1 aromatic rings. The summed E-state index contributed by atoms with van der Waals surface area (Å²) in [4.78, 5) is 6.98. The first-order valence-electron chi connectivity index (χ1n) is 6.58. The van der Waals surface area contributed by atoms with E-state index in [2.05, 4.69) is 34.4 Å². The lowest BCUT2D eigenvalue weighted by atomic mass is 10.2. The van der Waals surface area contributed by atoms with Gasteiger partial charge in [-0.3, -0.25) is 9.88 Å². The minimum Gasteiger partial charge on any atom is -0.316 e. The van der Waals surface area contributed by atoms with E-state index in [-0.39, 0.29) is 0 Å². The van der Waals surface area contributed by atoms with Gasteiger partial charge in [0.15, 0.2) is 0 Å². The van der Waals surface area contributed by atoms with Gasteiger partial charge >= 0.3 is 0 Å². The van der Waals surface area contributed by atoms with Crippen molar-refractivity contribution in [3.8, 4) is 0 Å². The Morgan fingerprint density at radius 2 is 2.12 bits per heavy atom. The van der Waals surface area contributed by atoms with Crippen molar-refractivity contribution in [3.05, 3.63) is 29.6 Å². The molecule has 0 spiro atoms. The van der Waals surface area contributed by atoms with Gasteiger partial charge in [-0.05, 0) is 38.6 Å². The normalized spacial score (nSPS) is 16.9. The quantitative estimate of drug-likeness (QED) is 0.845. The van der Waals surface area contributed by atoms with E-state index in [1.165, 1.54) is 36.9 Å². The Morgan fingerprint density at radius 1 is 1.35 bits per heavy atom. The topological polar surface area (TPSA) is 28.2 Å². The molecule has 1 N–H and O–H groups in total. The van der Waals surface area contributed by atoms with Crippen LogP contribution in [-0.4, -0.2) is 30.0 Å². The summed E-state index contributed by atoms with van der Waals surface area (Å²) >= 11 is 0. The van der Waals surface area contributed by atoms with Crippen LogP contribution in [0.25, 0.3) is 0 Å². The van der Waals surface area contributed by atoms with E-state index in [1.807, 2.05) is 13.2 Å². The van der Waals surface area contributed by atoms with Crippen LogP contribution in [0.4, 0.5) is 0 Å². The third-order valence-electron chi connectivity index (χ3n) is 3.63. The highest BCUT2D eigenvalue weighted by Gasteiger charge is 2.19. The average molecular weight is 233 g/mol. The zero-order valence-electron chi connectivity index (χ0n) is 10.9. The van der Waals surface area contributed by atoms with Gasteiger partial charge in [0, 0.05) is 25.3 Å². The molecule has 0 saturated heterocycles. The first kappa shape index (κ1) is 12.5. The van der Waals surface area contributed by atoms with Gasteiger partial charge in [0.25, 0.3) is 0 Å². The van der Waals surface area contributed by atoms with Gasteiger partial charge < -0.3 is 5.32 Å². The summed E-state index contributed by atoms with van der Waals surface area (Å²) in [6, 6.07) is 5.09. The molecule has 94 valence electrons. The van der Waals surface area contributed by atoms with Crippen LogP contribution in [-0.2, 0) is 13.1 Å². The van der Waals surface area contributed by atoms with Crippen molar-refractivity contribution in [2.24, 2.45) is 0 Å². The summed E-state index contributed by atoms with van der Waals surface area (Å²) < 4.78 is 0. The molecule has 1 fully saturated rings. The van der Waals surface area contributed by atoms with Crippen LogP contribution in [0.15, 0.2) is 18.3 Å². The van der Waals surface area contributed by atoms with E-state index < -0.39 is 0 Å². The van der Waals surface area contributed by atoms with Crippen LogP contribution in [0.1, 0.15) is 36.9 Å². The van der Waals surface area contributed by atoms with Crippen molar-refractivity contribution in [1.82, 2.24) is 15.2 Å². The van der Waals surface area contributed by atoms with Gasteiger partial charge in [-0.1, -0.05) is 18.9 Å². The zero-order valence-corrected chi connectivity index (χ0v) is 10.9. The Morgan fingerprint density at radius 3 is 2.71 bits per heavy atom. The molecule has 1 aliphatic carbocycles. The second-order valence-corrected chi connectivity index (χ2v) is 5.04. The third-order valence-corrected chi connectivity index (χ3v) is 3.63. The summed E-state index contributed by atoms with van der Waals surface area (Å²) in [5.74, 6) is 0. The molecule has 1 aromatic heterocycles. The van der Waals surface area contributed by atoms with Crippen molar-refractivity contribution in [2.75, 3.05) is 14.1 Å². The molecule has 0 aliphatic heterocycles. The molecule has 0 atom stereocenters. The maximum absolute atomic E-state index is 4.53. The van der Waals surface area contributed by atoms with E-state index in [4.69, 9.17) is 0 Å². The molecule has 1 saturated carbocycles. The van der Waals surface area contributed by atoms with Gasteiger partial charge in [-0.15, -0.1) is 0 Å². The van der Waals surface area contributed by atoms with Crippen LogP contribution in [0.5, 0.6) is 0 Å². The van der Waals surface area contributed by atoms with Gasteiger partial charge in [-0.2, -0.15) is 0 Å². The van der Waals surface area contributed by atoms with Gasteiger partial charge in [0.2, 0.25) is 0 Å². The largest absolute Gasteiger partial charge is 0.316 e. The Bertz CT molecular complexity index is 328. The van der Waals surface area contributed by atoms with Gasteiger partial charge in [0.05, 0.1) is 5.69 Å². The van der Waals surface area contributed by atoms with Crippen LogP contribution in [0.3, 0.4) is 0 Å². The lowest BCUT2D eigenvalue weighted by Gasteiger charge is -2.23. The number of hydrogen-bond donors (Lipinski definition) is 1. The SMILES string of the molecule is CNCc1ccc(CN(C)C2CCCC2)nc1. The van der Waals surface area contributed by atoms with E-state index in [9.17, 15) is 0 Å². The Kier molecular flexibility index (Phi) is 4.51. The third kappa shape index (κ3) is 3.51.